The van der Waals surface area contributed by atoms with Crippen LogP contribution in [-0.2, 0) is 6.54 Å². The van der Waals surface area contributed by atoms with E-state index in [0.29, 0.717) is 17.1 Å². The summed E-state index contributed by atoms with van der Waals surface area (Å²) in [6, 6.07) is 15.6. The van der Waals surface area contributed by atoms with E-state index in [1.54, 1.807) is 10.9 Å². The molecule has 0 aliphatic heterocycles. The zero-order valence-electron chi connectivity index (χ0n) is 16.6. The molecule has 0 spiro atoms. The van der Waals surface area contributed by atoms with Crippen LogP contribution in [0.15, 0.2) is 54.7 Å². The number of hydrogen-bond donors (Lipinski definition) is 1. The van der Waals surface area contributed by atoms with Gasteiger partial charge in [0.05, 0.1) is 23.1 Å². The molecule has 0 aliphatic rings. The van der Waals surface area contributed by atoms with Crippen LogP contribution in [-0.4, -0.2) is 29.8 Å². The van der Waals surface area contributed by atoms with Crippen molar-refractivity contribution in [2.45, 2.75) is 26.3 Å². The van der Waals surface area contributed by atoms with Crippen molar-refractivity contribution in [3.05, 3.63) is 76.6 Å². The first kappa shape index (κ1) is 20.0. The van der Waals surface area contributed by atoms with Crippen LogP contribution in [0, 0.1) is 0 Å². The number of rotatable bonds is 6. The smallest absolute Gasteiger partial charge is 0.255 e. The number of nitrogens with zero attached hydrogens (tertiary/aromatic N) is 3. The highest BCUT2D eigenvalue weighted by Gasteiger charge is 2.20. The maximum absolute atomic E-state index is 12.8. The van der Waals surface area contributed by atoms with E-state index in [4.69, 9.17) is 11.6 Å². The van der Waals surface area contributed by atoms with Gasteiger partial charge in [0.2, 0.25) is 0 Å². The molecule has 0 bridgehead atoms. The van der Waals surface area contributed by atoms with Gasteiger partial charge in [-0.25, -0.2) is 4.68 Å². The highest BCUT2D eigenvalue weighted by molar-refractivity contribution is 6.30. The van der Waals surface area contributed by atoms with Gasteiger partial charge in [-0.15, -0.1) is 0 Å². The number of carbonyl (C=O) groups excluding carboxylic acids is 1. The molecule has 1 N–H and O–H groups in total. The lowest BCUT2D eigenvalue weighted by Crippen LogP contribution is -2.24. The molecule has 0 radical (unpaired) electrons. The largest absolute Gasteiger partial charge is 0.378 e. The van der Waals surface area contributed by atoms with Crippen LogP contribution in [0.2, 0.25) is 5.02 Å². The van der Waals surface area contributed by atoms with E-state index in [9.17, 15) is 4.79 Å². The Morgan fingerprint density at radius 1 is 1.18 bits per heavy atom. The Morgan fingerprint density at radius 3 is 2.50 bits per heavy atom. The van der Waals surface area contributed by atoms with Crippen LogP contribution in [0.5, 0.6) is 0 Å². The summed E-state index contributed by atoms with van der Waals surface area (Å²) in [4.78, 5) is 14.9. The summed E-state index contributed by atoms with van der Waals surface area (Å²) in [5.41, 5.74) is 4.46. The van der Waals surface area contributed by atoms with Crippen LogP contribution in [0.4, 0.5) is 5.69 Å². The molecule has 28 heavy (non-hydrogen) atoms. The summed E-state index contributed by atoms with van der Waals surface area (Å²) in [7, 11) is 4.00. The summed E-state index contributed by atoms with van der Waals surface area (Å²) in [5, 5.41) is 8.09. The SMILES string of the molecule is CC(C)c1c(C(=O)NCc2ccc(N(C)C)cc2)cnn1-c1cccc(Cl)c1. The first-order valence-electron chi connectivity index (χ1n) is 9.25. The maximum atomic E-state index is 12.8. The van der Waals surface area contributed by atoms with E-state index in [0.717, 1.165) is 22.6 Å². The van der Waals surface area contributed by atoms with Crippen LogP contribution < -0.4 is 10.2 Å². The fourth-order valence-electron chi connectivity index (χ4n) is 3.09. The van der Waals surface area contributed by atoms with Gasteiger partial charge >= 0.3 is 0 Å². The zero-order valence-corrected chi connectivity index (χ0v) is 17.4. The number of aromatic nitrogens is 2. The summed E-state index contributed by atoms with van der Waals surface area (Å²) in [6.45, 7) is 4.57. The van der Waals surface area contributed by atoms with Crippen molar-refractivity contribution >= 4 is 23.2 Å². The topological polar surface area (TPSA) is 50.2 Å². The average Bonchev–Trinajstić information content (AvgIpc) is 3.12. The predicted molar refractivity (Wildman–Crippen MR) is 115 cm³/mol. The van der Waals surface area contributed by atoms with Gasteiger partial charge in [0.15, 0.2) is 0 Å². The van der Waals surface area contributed by atoms with Crippen LogP contribution in [0.3, 0.4) is 0 Å². The van der Waals surface area contributed by atoms with Gasteiger partial charge < -0.3 is 10.2 Å². The molecular weight excluding hydrogens is 372 g/mol. The van der Waals surface area contributed by atoms with Crippen molar-refractivity contribution in [1.29, 1.82) is 0 Å². The summed E-state index contributed by atoms with van der Waals surface area (Å²) in [5.74, 6) is -0.00438. The van der Waals surface area contributed by atoms with Crippen molar-refractivity contribution in [1.82, 2.24) is 15.1 Å². The number of carbonyl (C=O) groups is 1. The molecule has 0 atom stereocenters. The van der Waals surface area contributed by atoms with Crippen molar-refractivity contribution in [2.75, 3.05) is 19.0 Å². The second-order valence-electron chi connectivity index (χ2n) is 7.23. The third-order valence-corrected chi connectivity index (χ3v) is 4.79. The van der Waals surface area contributed by atoms with Crippen molar-refractivity contribution in [2.24, 2.45) is 0 Å². The van der Waals surface area contributed by atoms with Gasteiger partial charge in [-0.3, -0.25) is 4.79 Å². The molecule has 0 fully saturated rings. The second kappa shape index (κ2) is 8.48. The Balaban J connectivity index is 1.80. The van der Waals surface area contributed by atoms with Gasteiger partial charge in [-0.05, 0) is 41.8 Å². The van der Waals surface area contributed by atoms with Gasteiger partial charge in [-0.2, -0.15) is 5.10 Å². The Hall–Kier alpha value is -2.79. The molecule has 2 aromatic carbocycles. The minimum Gasteiger partial charge on any atom is -0.378 e. The van der Waals surface area contributed by atoms with E-state index in [1.807, 2.05) is 67.5 Å². The van der Waals surface area contributed by atoms with E-state index >= 15 is 0 Å². The Labute approximate surface area is 170 Å². The van der Waals surface area contributed by atoms with E-state index < -0.39 is 0 Å². The molecule has 3 aromatic rings. The third kappa shape index (κ3) is 4.37. The lowest BCUT2D eigenvalue weighted by atomic mass is 10.0. The number of halogens is 1. The lowest BCUT2D eigenvalue weighted by molar-refractivity contribution is 0.0949. The highest BCUT2D eigenvalue weighted by atomic mass is 35.5. The molecule has 1 amide bonds. The second-order valence-corrected chi connectivity index (χ2v) is 7.67. The van der Waals surface area contributed by atoms with Crippen LogP contribution in [0.25, 0.3) is 5.69 Å². The van der Waals surface area contributed by atoms with Gasteiger partial charge in [0.1, 0.15) is 0 Å². The van der Waals surface area contributed by atoms with E-state index in [1.165, 1.54) is 0 Å². The first-order chi connectivity index (χ1) is 13.4. The molecule has 6 heteroatoms. The Bertz CT molecular complexity index is 961. The predicted octanol–water partition coefficient (Wildman–Crippen LogP) is 4.65. The maximum Gasteiger partial charge on any atom is 0.255 e. The molecule has 1 aromatic heterocycles. The van der Waals surface area contributed by atoms with E-state index in [-0.39, 0.29) is 11.8 Å². The zero-order chi connectivity index (χ0) is 20.3. The van der Waals surface area contributed by atoms with E-state index in [2.05, 4.69) is 24.3 Å². The number of benzene rings is 2. The summed E-state index contributed by atoms with van der Waals surface area (Å²) in [6.07, 6.45) is 1.63. The van der Waals surface area contributed by atoms with Crippen molar-refractivity contribution < 1.29 is 4.79 Å². The minimum atomic E-state index is -0.131. The molecule has 146 valence electrons. The summed E-state index contributed by atoms with van der Waals surface area (Å²) < 4.78 is 1.79. The molecule has 1 heterocycles. The minimum absolute atomic E-state index is 0.126. The highest BCUT2D eigenvalue weighted by Crippen LogP contribution is 2.24. The number of hydrogen-bond acceptors (Lipinski definition) is 3. The van der Waals surface area contributed by atoms with Gasteiger partial charge in [0.25, 0.3) is 5.91 Å². The molecule has 5 nitrogen and oxygen atoms in total. The molecular formula is C22H25ClN4O. The Kier molecular flexibility index (Phi) is 6.05. The molecule has 0 saturated carbocycles. The summed E-state index contributed by atoms with van der Waals surface area (Å²) >= 11 is 6.12. The van der Waals surface area contributed by atoms with Crippen LogP contribution in [0.1, 0.15) is 41.4 Å². The van der Waals surface area contributed by atoms with Gasteiger partial charge in [0, 0.05) is 31.4 Å². The molecule has 3 rings (SSSR count). The standard InChI is InChI=1S/C22H25ClN4O/c1-15(2)21-20(14-25-27(21)19-7-5-6-17(23)12-19)22(28)24-13-16-8-10-18(11-9-16)26(3)4/h5-12,14-15H,13H2,1-4H3,(H,24,28). The molecule has 0 aliphatic carbocycles. The fourth-order valence-corrected chi connectivity index (χ4v) is 3.28. The Morgan fingerprint density at radius 2 is 1.89 bits per heavy atom. The van der Waals surface area contributed by atoms with Crippen LogP contribution >= 0.6 is 11.6 Å². The molecule has 0 unspecified atom stereocenters. The first-order valence-corrected chi connectivity index (χ1v) is 9.63. The molecule has 0 saturated heterocycles. The van der Waals surface area contributed by atoms with Crippen molar-refractivity contribution in [3.63, 3.8) is 0 Å². The monoisotopic (exact) mass is 396 g/mol. The number of nitrogens with one attached hydrogen (secondary N) is 1. The normalized spacial score (nSPS) is 10.9. The number of amides is 1. The van der Waals surface area contributed by atoms with Gasteiger partial charge in [-0.1, -0.05) is 43.6 Å². The third-order valence-electron chi connectivity index (χ3n) is 4.56. The number of anilines is 1. The fraction of sp³-hybridized carbons (Fsp3) is 0.273. The quantitative estimate of drug-likeness (QED) is 0.660. The lowest BCUT2D eigenvalue weighted by Gasteiger charge is -2.14. The van der Waals surface area contributed by atoms with Crippen molar-refractivity contribution in [3.8, 4) is 5.69 Å². The average molecular weight is 397 g/mol.